The van der Waals surface area contributed by atoms with E-state index in [1.54, 1.807) is 24.3 Å². The fourth-order valence-electron chi connectivity index (χ4n) is 2.72. The predicted molar refractivity (Wildman–Crippen MR) is 99.8 cm³/mol. The quantitative estimate of drug-likeness (QED) is 0.373. The van der Waals surface area contributed by atoms with Crippen molar-refractivity contribution in [2.45, 2.75) is 64.5 Å². The predicted octanol–water partition coefficient (Wildman–Crippen LogP) is 3.71. The molecule has 0 aliphatic heterocycles. The Morgan fingerprint density at radius 1 is 1.23 bits per heavy atom. The van der Waals surface area contributed by atoms with Crippen molar-refractivity contribution in [1.82, 2.24) is 5.32 Å². The van der Waals surface area contributed by atoms with Crippen LogP contribution in [0.3, 0.4) is 0 Å². The van der Waals surface area contributed by atoms with Gasteiger partial charge in [-0.05, 0) is 31.0 Å². The second-order valence-corrected chi connectivity index (χ2v) is 7.48. The van der Waals surface area contributed by atoms with Gasteiger partial charge in [0.25, 0.3) is 0 Å². The molecule has 1 aromatic carbocycles. The fraction of sp³-hybridized carbons (Fsp3) is 0.611. The van der Waals surface area contributed by atoms with Crippen LogP contribution in [0, 0.1) is 0 Å². The maximum Gasteiger partial charge on any atom is 0.469 e. The normalized spacial score (nSPS) is 13.9. The van der Waals surface area contributed by atoms with Crippen LogP contribution in [0.2, 0.25) is 0 Å². The number of carbonyl (C=O) groups excluding carboxylic acids is 1. The summed E-state index contributed by atoms with van der Waals surface area (Å²) in [7, 11) is -3.15. The van der Waals surface area contributed by atoms with Gasteiger partial charge >= 0.3 is 7.82 Å². The molecule has 0 fully saturated rings. The highest BCUT2D eigenvalue weighted by atomic mass is 31.2. The topological polar surface area (TPSA) is 105 Å². The molecular formula is C18H30NO6P. The number of hydrogen-bond acceptors (Lipinski definition) is 4. The van der Waals surface area contributed by atoms with Gasteiger partial charge in [0.2, 0.25) is 5.91 Å². The number of phosphoric acid groups is 1. The number of methoxy groups -OCH3 is 1. The molecule has 3 N–H and O–H groups in total. The molecule has 148 valence electrons. The van der Waals surface area contributed by atoms with Gasteiger partial charge in [-0.1, -0.05) is 44.7 Å². The van der Waals surface area contributed by atoms with Gasteiger partial charge in [-0.25, -0.2) is 4.57 Å². The molecule has 0 aliphatic rings. The molecule has 7 nitrogen and oxygen atoms in total. The molecule has 0 radical (unpaired) electrons. The number of unbranched alkanes of at least 4 members (excludes halogenated alkanes) is 4. The van der Waals surface area contributed by atoms with Crippen molar-refractivity contribution in [1.29, 1.82) is 0 Å². The lowest BCUT2D eigenvalue weighted by Gasteiger charge is -2.26. The third-order valence-corrected chi connectivity index (χ3v) is 4.66. The van der Waals surface area contributed by atoms with Gasteiger partial charge < -0.3 is 19.8 Å². The molecular weight excluding hydrogens is 357 g/mol. The van der Waals surface area contributed by atoms with Crippen molar-refractivity contribution in [2.24, 2.45) is 0 Å². The molecule has 26 heavy (non-hydrogen) atoms. The Bertz CT molecular complexity index is 603. The monoisotopic (exact) mass is 387 g/mol. The average Bonchev–Trinajstić information content (AvgIpc) is 2.58. The van der Waals surface area contributed by atoms with Crippen molar-refractivity contribution in [3.8, 4) is 5.75 Å². The van der Waals surface area contributed by atoms with Crippen LogP contribution in [0.1, 0.15) is 64.0 Å². The molecule has 0 bridgehead atoms. The van der Waals surface area contributed by atoms with Crippen LogP contribution in [0.5, 0.6) is 5.75 Å². The first-order valence-corrected chi connectivity index (χ1v) is 10.5. The molecule has 0 saturated heterocycles. The van der Waals surface area contributed by atoms with Crippen LogP contribution in [0.4, 0.5) is 0 Å². The number of benzene rings is 1. The zero-order valence-corrected chi connectivity index (χ0v) is 16.6. The SMILES string of the molecule is CCCCCCCC(=O)N[C@@H](c1cccc(OC)c1)[C@@H](C)OP(=O)(O)O. The van der Waals surface area contributed by atoms with E-state index in [-0.39, 0.29) is 5.91 Å². The zero-order valence-electron chi connectivity index (χ0n) is 15.7. The van der Waals surface area contributed by atoms with Crippen LogP contribution in [-0.4, -0.2) is 28.9 Å². The number of amides is 1. The molecule has 0 heterocycles. The number of carbonyl (C=O) groups is 1. The highest BCUT2D eigenvalue weighted by Gasteiger charge is 2.28. The minimum absolute atomic E-state index is 0.171. The Balaban J connectivity index is 2.80. The first-order chi connectivity index (χ1) is 12.3. The summed E-state index contributed by atoms with van der Waals surface area (Å²) < 4.78 is 21.2. The Labute approximate surface area is 155 Å². The summed E-state index contributed by atoms with van der Waals surface area (Å²) in [5, 5.41) is 2.84. The number of phosphoric ester groups is 1. The van der Waals surface area contributed by atoms with E-state index in [4.69, 9.17) is 19.0 Å². The zero-order chi connectivity index (χ0) is 19.6. The van der Waals surface area contributed by atoms with Crippen molar-refractivity contribution in [3.05, 3.63) is 29.8 Å². The van der Waals surface area contributed by atoms with E-state index in [2.05, 4.69) is 12.2 Å². The van der Waals surface area contributed by atoms with Crippen molar-refractivity contribution >= 4 is 13.7 Å². The van der Waals surface area contributed by atoms with E-state index in [9.17, 15) is 9.36 Å². The second kappa shape index (κ2) is 11.3. The number of rotatable bonds is 12. The van der Waals surface area contributed by atoms with Crippen LogP contribution in [0.25, 0.3) is 0 Å². The molecule has 1 rings (SSSR count). The van der Waals surface area contributed by atoms with E-state index in [1.165, 1.54) is 14.0 Å². The standard InChI is InChI=1S/C18H30NO6P/c1-4-5-6-7-8-12-17(20)19-18(14(2)25-26(21,22)23)15-10-9-11-16(13-15)24-3/h9-11,13-14,18H,4-8,12H2,1-3H3,(H,19,20)(H2,21,22,23)/t14-,18-/m1/s1. The third-order valence-electron chi connectivity index (χ3n) is 4.05. The molecule has 0 saturated carbocycles. The van der Waals surface area contributed by atoms with Crippen LogP contribution < -0.4 is 10.1 Å². The number of ether oxygens (including phenoxy) is 1. The minimum atomic E-state index is -4.67. The third kappa shape index (κ3) is 8.81. The molecule has 0 aliphatic carbocycles. The summed E-state index contributed by atoms with van der Waals surface area (Å²) in [6, 6.07) is 6.29. The Morgan fingerprint density at radius 3 is 2.54 bits per heavy atom. The van der Waals surface area contributed by atoms with Gasteiger partial charge in [0.1, 0.15) is 5.75 Å². The summed E-state index contributed by atoms with van der Waals surface area (Å²) in [5.41, 5.74) is 0.657. The second-order valence-electron chi connectivity index (χ2n) is 6.29. The van der Waals surface area contributed by atoms with Gasteiger partial charge in [-0.15, -0.1) is 0 Å². The summed E-state index contributed by atoms with van der Waals surface area (Å²) in [4.78, 5) is 30.5. The summed E-state index contributed by atoms with van der Waals surface area (Å²) >= 11 is 0. The van der Waals surface area contributed by atoms with Crippen molar-refractivity contribution in [2.75, 3.05) is 7.11 Å². The minimum Gasteiger partial charge on any atom is -0.497 e. The van der Waals surface area contributed by atoms with Gasteiger partial charge in [0.05, 0.1) is 19.3 Å². The van der Waals surface area contributed by atoms with E-state index in [1.807, 2.05) is 0 Å². The summed E-state index contributed by atoms with van der Waals surface area (Å²) in [5.74, 6) is 0.417. The molecule has 8 heteroatoms. The lowest BCUT2D eigenvalue weighted by atomic mass is 10.0. The van der Waals surface area contributed by atoms with Crippen molar-refractivity contribution < 1.29 is 28.4 Å². The number of hydrogen-bond donors (Lipinski definition) is 3. The van der Waals surface area contributed by atoms with E-state index < -0.39 is 20.0 Å². The first kappa shape index (κ1) is 22.6. The fourth-order valence-corrected chi connectivity index (χ4v) is 3.27. The summed E-state index contributed by atoms with van der Waals surface area (Å²) in [6.45, 7) is 3.65. The Hall–Kier alpha value is -1.40. The lowest BCUT2D eigenvalue weighted by molar-refractivity contribution is -0.122. The highest BCUT2D eigenvalue weighted by molar-refractivity contribution is 7.46. The van der Waals surface area contributed by atoms with E-state index in [0.717, 1.165) is 32.1 Å². The average molecular weight is 387 g/mol. The van der Waals surface area contributed by atoms with E-state index >= 15 is 0 Å². The van der Waals surface area contributed by atoms with Gasteiger partial charge in [-0.2, -0.15) is 0 Å². The van der Waals surface area contributed by atoms with E-state index in [0.29, 0.717) is 17.7 Å². The highest BCUT2D eigenvalue weighted by Crippen LogP contribution is 2.40. The Morgan fingerprint density at radius 2 is 1.92 bits per heavy atom. The lowest BCUT2D eigenvalue weighted by Crippen LogP contribution is -2.35. The molecule has 2 atom stereocenters. The molecule has 1 amide bonds. The van der Waals surface area contributed by atoms with Crippen molar-refractivity contribution in [3.63, 3.8) is 0 Å². The smallest absolute Gasteiger partial charge is 0.469 e. The van der Waals surface area contributed by atoms with Crippen LogP contribution in [0.15, 0.2) is 24.3 Å². The maximum atomic E-state index is 12.3. The number of nitrogens with one attached hydrogen (secondary N) is 1. The molecule has 1 aromatic rings. The first-order valence-electron chi connectivity index (χ1n) is 8.94. The molecule has 0 aromatic heterocycles. The molecule has 0 spiro atoms. The van der Waals surface area contributed by atoms with Gasteiger partial charge in [0.15, 0.2) is 0 Å². The van der Waals surface area contributed by atoms with Crippen LogP contribution >= 0.6 is 7.82 Å². The largest absolute Gasteiger partial charge is 0.497 e. The van der Waals surface area contributed by atoms with Gasteiger partial charge in [-0.3, -0.25) is 9.32 Å². The molecule has 0 unspecified atom stereocenters. The Kier molecular flexibility index (Phi) is 9.88. The van der Waals surface area contributed by atoms with Gasteiger partial charge in [0, 0.05) is 6.42 Å². The van der Waals surface area contributed by atoms with Crippen LogP contribution in [-0.2, 0) is 13.9 Å². The summed E-state index contributed by atoms with van der Waals surface area (Å²) in [6.07, 6.45) is 4.62. The maximum absolute atomic E-state index is 12.3.